The van der Waals surface area contributed by atoms with Crippen molar-refractivity contribution in [1.29, 1.82) is 5.26 Å². The number of rotatable bonds is 8. The van der Waals surface area contributed by atoms with Gasteiger partial charge in [-0.3, -0.25) is 10.1 Å². The van der Waals surface area contributed by atoms with Crippen molar-refractivity contribution >= 4 is 35.1 Å². The van der Waals surface area contributed by atoms with Gasteiger partial charge in [0.2, 0.25) is 0 Å². The molecule has 0 aromatic heterocycles. The second kappa shape index (κ2) is 13.6. The number of hydrogen-bond donors (Lipinski definition) is 3. The first-order valence-electron chi connectivity index (χ1n) is 12.0. The van der Waals surface area contributed by atoms with Gasteiger partial charge in [-0.25, -0.2) is 13.6 Å². The first-order chi connectivity index (χ1) is 19.4. The molecule has 42 heavy (non-hydrogen) atoms. The monoisotopic (exact) mass is 635 g/mol. The lowest BCUT2D eigenvalue weighted by molar-refractivity contribution is -0.192. The Morgan fingerprint density at radius 3 is 2.31 bits per heavy atom. The lowest BCUT2D eigenvalue weighted by atomic mass is 9.62. The molecule has 0 aliphatic carbocycles. The van der Waals surface area contributed by atoms with E-state index in [1.165, 1.54) is 30.3 Å². The summed E-state index contributed by atoms with van der Waals surface area (Å²) in [6, 6.07) is 7.75. The van der Waals surface area contributed by atoms with Gasteiger partial charge in [-0.2, -0.15) is 18.4 Å². The molecular formula is C26H24Cl2F5N5O4. The number of azide groups is 1. The molecule has 1 fully saturated rings. The van der Waals surface area contributed by atoms with Crippen molar-refractivity contribution in [3.8, 4) is 6.07 Å². The molecule has 1 aliphatic rings. The normalized spacial score (nSPS) is 21.9. The molecule has 0 amide bonds. The van der Waals surface area contributed by atoms with Crippen molar-refractivity contribution < 1.29 is 41.8 Å². The molecule has 0 bridgehead atoms. The van der Waals surface area contributed by atoms with Crippen molar-refractivity contribution in [2.45, 2.75) is 56.3 Å². The molecule has 4 atom stereocenters. The Hall–Kier alpha value is -3.63. The molecular weight excluding hydrogens is 612 g/mol. The number of nitriles is 1. The van der Waals surface area contributed by atoms with Crippen molar-refractivity contribution in [1.82, 2.24) is 5.32 Å². The Morgan fingerprint density at radius 1 is 1.19 bits per heavy atom. The van der Waals surface area contributed by atoms with Crippen LogP contribution in [-0.2, 0) is 15.0 Å². The lowest BCUT2D eigenvalue weighted by Gasteiger charge is -2.38. The summed E-state index contributed by atoms with van der Waals surface area (Å²) < 4.78 is 62.4. The van der Waals surface area contributed by atoms with Crippen LogP contribution >= 0.6 is 23.2 Å². The van der Waals surface area contributed by atoms with E-state index >= 15 is 8.78 Å². The molecule has 2 aromatic rings. The zero-order chi connectivity index (χ0) is 32.0. The number of carboxylic acids is 2. The van der Waals surface area contributed by atoms with Crippen molar-refractivity contribution in [2.75, 3.05) is 6.54 Å². The zero-order valence-corrected chi connectivity index (χ0v) is 23.5. The van der Waals surface area contributed by atoms with Crippen LogP contribution < -0.4 is 5.32 Å². The first kappa shape index (κ1) is 34.6. The van der Waals surface area contributed by atoms with Crippen LogP contribution in [0.5, 0.6) is 0 Å². The van der Waals surface area contributed by atoms with Crippen molar-refractivity contribution in [2.24, 2.45) is 10.5 Å². The number of alkyl halides is 3. The third kappa shape index (κ3) is 7.60. The summed E-state index contributed by atoms with van der Waals surface area (Å²) in [5.74, 6) is -7.08. The molecule has 226 valence electrons. The van der Waals surface area contributed by atoms with E-state index in [1.54, 1.807) is 0 Å². The van der Waals surface area contributed by atoms with Crippen molar-refractivity contribution in [3.63, 3.8) is 0 Å². The van der Waals surface area contributed by atoms with Crippen LogP contribution in [0.25, 0.3) is 10.4 Å². The minimum atomic E-state index is -5.08. The van der Waals surface area contributed by atoms with Gasteiger partial charge < -0.3 is 10.2 Å². The summed E-state index contributed by atoms with van der Waals surface area (Å²) in [6.07, 6.45) is -4.46. The number of aliphatic carboxylic acids is 2. The fourth-order valence-corrected chi connectivity index (χ4v) is 5.32. The Balaban J connectivity index is 0.000000782. The van der Waals surface area contributed by atoms with E-state index in [1.807, 2.05) is 13.8 Å². The van der Waals surface area contributed by atoms with Gasteiger partial charge in [0, 0.05) is 34.0 Å². The van der Waals surface area contributed by atoms with E-state index in [2.05, 4.69) is 21.4 Å². The van der Waals surface area contributed by atoms with Crippen molar-refractivity contribution in [3.05, 3.63) is 79.6 Å². The number of hydrogen-bond acceptors (Lipinski definition) is 5. The van der Waals surface area contributed by atoms with Gasteiger partial charge in [0.1, 0.15) is 23.1 Å². The molecule has 0 spiro atoms. The van der Waals surface area contributed by atoms with Gasteiger partial charge in [0.15, 0.2) is 0 Å². The van der Waals surface area contributed by atoms with Gasteiger partial charge in [-0.05, 0) is 47.6 Å². The zero-order valence-electron chi connectivity index (χ0n) is 22.0. The Labute approximate surface area is 246 Å². The number of benzene rings is 2. The standard InChI is InChI=1S/C24H23Cl2F2N5O2.C2HF3O2/c1-23(2,8-9-31-33-30)11-18-24(12-29,15-7-6-13(25)10-17(15)27)19(21(32-18)22(34)35)14-4-3-5-16(26)20(14)28;3-2(4,5)1(6)7/h3-7,10,18-19,21,32H,8-9,11H2,1-2H3,(H,34,35);(H,6,7)/t18-,19-,21+,24-;/m0./s1. The van der Waals surface area contributed by atoms with Crippen LogP contribution in [0.3, 0.4) is 0 Å². The lowest BCUT2D eigenvalue weighted by Crippen LogP contribution is -2.45. The van der Waals surface area contributed by atoms with Gasteiger partial charge in [0.05, 0.1) is 11.1 Å². The maximum absolute atomic E-state index is 15.4. The van der Waals surface area contributed by atoms with E-state index < -0.39 is 58.6 Å². The highest BCUT2D eigenvalue weighted by Gasteiger charge is 2.61. The highest BCUT2D eigenvalue weighted by atomic mass is 35.5. The summed E-state index contributed by atoms with van der Waals surface area (Å²) >= 11 is 12.0. The van der Waals surface area contributed by atoms with Crippen LogP contribution in [0.15, 0.2) is 41.5 Å². The number of nitrogens with one attached hydrogen (secondary N) is 1. The molecule has 9 nitrogen and oxygen atoms in total. The molecule has 3 rings (SSSR count). The smallest absolute Gasteiger partial charge is 0.480 e. The molecule has 1 aliphatic heterocycles. The topological polar surface area (TPSA) is 159 Å². The van der Waals surface area contributed by atoms with Crippen LogP contribution in [-0.4, -0.2) is 47.0 Å². The predicted octanol–water partition coefficient (Wildman–Crippen LogP) is 6.99. The van der Waals surface area contributed by atoms with E-state index in [0.29, 0.717) is 6.42 Å². The molecule has 0 saturated carbocycles. The van der Waals surface area contributed by atoms with Gasteiger partial charge in [0.25, 0.3) is 0 Å². The second-order valence-electron chi connectivity index (χ2n) is 10.1. The number of nitrogens with zero attached hydrogens (tertiary/aromatic N) is 4. The molecule has 2 aromatic carbocycles. The predicted molar refractivity (Wildman–Crippen MR) is 142 cm³/mol. The molecule has 0 unspecified atom stereocenters. The third-order valence-electron chi connectivity index (χ3n) is 6.85. The maximum atomic E-state index is 15.4. The van der Waals surface area contributed by atoms with Gasteiger partial charge in [-0.1, -0.05) is 60.4 Å². The largest absolute Gasteiger partial charge is 0.490 e. The summed E-state index contributed by atoms with van der Waals surface area (Å²) in [4.78, 5) is 24.0. The molecule has 1 heterocycles. The Kier molecular flexibility index (Phi) is 11.2. The summed E-state index contributed by atoms with van der Waals surface area (Å²) in [5.41, 5.74) is 6.02. The third-order valence-corrected chi connectivity index (χ3v) is 7.38. The van der Waals surface area contributed by atoms with Gasteiger partial charge in [-0.15, -0.1) is 0 Å². The minimum Gasteiger partial charge on any atom is -0.480 e. The average Bonchev–Trinajstić information content (AvgIpc) is 3.19. The summed E-state index contributed by atoms with van der Waals surface area (Å²) in [5, 5.41) is 34.2. The number of halogens is 7. The van der Waals surface area contributed by atoms with E-state index in [9.17, 15) is 28.3 Å². The first-order valence-corrected chi connectivity index (χ1v) is 12.8. The average molecular weight is 636 g/mol. The summed E-state index contributed by atoms with van der Waals surface area (Å²) in [7, 11) is 0. The summed E-state index contributed by atoms with van der Waals surface area (Å²) in [6.45, 7) is 3.91. The Morgan fingerprint density at radius 2 is 1.81 bits per heavy atom. The SMILES string of the molecule is CC(C)(CCN=[N+]=[N-])C[C@@H]1N[C@@H](C(=O)O)[C@H](c2cccc(Cl)c2F)[C@@]1(C#N)c1ccc(Cl)cc1F.O=C(O)C(F)(F)F. The minimum absolute atomic E-state index is 0.0943. The van der Waals surface area contributed by atoms with E-state index in [-0.39, 0.29) is 34.1 Å². The van der Waals surface area contributed by atoms with E-state index in [0.717, 1.165) is 6.07 Å². The fraction of sp³-hybridized carbons (Fsp3) is 0.423. The maximum Gasteiger partial charge on any atom is 0.490 e. The van der Waals surface area contributed by atoms with Crippen LogP contribution in [0.2, 0.25) is 10.0 Å². The number of carboxylic acid groups (broad SMARTS) is 2. The van der Waals surface area contributed by atoms with E-state index in [4.69, 9.17) is 38.6 Å². The number of carbonyl (C=O) groups is 2. The molecule has 0 radical (unpaired) electrons. The Bertz CT molecular complexity index is 1430. The highest BCUT2D eigenvalue weighted by Crippen LogP contribution is 2.53. The molecule has 16 heteroatoms. The molecule has 1 saturated heterocycles. The van der Waals surface area contributed by atoms with Gasteiger partial charge >= 0.3 is 18.1 Å². The fourth-order valence-electron chi connectivity index (χ4n) is 4.98. The quantitative estimate of drug-likeness (QED) is 0.123. The van der Waals surface area contributed by atoms with Crippen LogP contribution in [0.4, 0.5) is 22.0 Å². The highest BCUT2D eigenvalue weighted by molar-refractivity contribution is 6.31. The van der Waals surface area contributed by atoms with Crippen LogP contribution in [0, 0.1) is 28.4 Å². The molecule has 3 N–H and O–H groups in total. The second-order valence-corrected chi connectivity index (χ2v) is 11.0. The van der Waals surface area contributed by atoms with Crippen LogP contribution in [0.1, 0.15) is 43.7 Å².